The fraction of sp³-hybridized carbons (Fsp3) is 0.500. The van der Waals surface area contributed by atoms with Crippen LogP contribution in [-0.4, -0.2) is 38.1 Å². The number of hydrogen-bond acceptors (Lipinski definition) is 3. The molecule has 1 aromatic carbocycles. The zero-order valence-corrected chi connectivity index (χ0v) is 11.2. The molecule has 1 aliphatic heterocycles. The van der Waals surface area contributed by atoms with E-state index in [1.165, 1.54) is 5.56 Å². The minimum absolute atomic E-state index is 0.144. The van der Waals surface area contributed by atoms with E-state index < -0.39 is 0 Å². The summed E-state index contributed by atoms with van der Waals surface area (Å²) in [6.45, 7) is 4.24. The second-order valence-corrected chi connectivity index (χ2v) is 4.86. The van der Waals surface area contributed by atoms with Crippen LogP contribution in [0.15, 0.2) is 18.2 Å². The second-order valence-electron chi connectivity index (χ2n) is 4.86. The number of carbonyl (C=O) groups is 1. The molecule has 2 rings (SSSR count). The third-order valence-corrected chi connectivity index (χ3v) is 3.35. The highest BCUT2D eigenvalue weighted by atomic mass is 16.5. The molecule has 98 valence electrons. The van der Waals surface area contributed by atoms with Gasteiger partial charge < -0.3 is 15.0 Å². The summed E-state index contributed by atoms with van der Waals surface area (Å²) in [5.41, 5.74) is 2.23. The molecule has 0 radical (unpaired) electrons. The van der Waals surface area contributed by atoms with Crippen molar-refractivity contribution in [3.8, 4) is 5.75 Å². The van der Waals surface area contributed by atoms with E-state index in [4.69, 9.17) is 4.74 Å². The zero-order valence-electron chi connectivity index (χ0n) is 11.2. The van der Waals surface area contributed by atoms with Gasteiger partial charge in [0.25, 0.3) is 0 Å². The Balaban J connectivity index is 2.07. The van der Waals surface area contributed by atoms with E-state index in [0.717, 1.165) is 24.4 Å². The number of benzene rings is 1. The summed E-state index contributed by atoms with van der Waals surface area (Å²) in [6.07, 6.45) is 0. The van der Waals surface area contributed by atoms with Crippen LogP contribution in [0.2, 0.25) is 0 Å². The lowest BCUT2D eigenvalue weighted by Crippen LogP contribution is -2.51. The van der Waals surface area contributed by atoms with Gasteiger partial charge in [0.05, 0.1) is 13.0 Å². The van der Waals surface area contributed by atoms with Crippen molar-refractivity contribution in [1.82, 2.24) is 10.2 Å². The molecular formula is C14H20N2O2. The lowest BCUT2D eigenvalue weighted by Gasteiger charge is -2.30. The SMILES string of the molecule is COc1ccc(C)cc1CN(C)C(=O)C1CNC1. The molecule has 0 aromatic heterocycles. The summed E-state index contributed by atoms with van der Waals surface area (Å²) in [6, 6.07) is 6.04. The number of ether oxygens (including phenoxy) is 1. The number of nitrogens with one attached hydrogen (secondary N) is 1. The zero-order chi connectivity index (χ0) is 13.1. The monoisotopic (exact) mass is 248 g/mol. The molecule has 1 saturated heterocycles. The summed E-state index contributed by atoms with van der Waals surface area (Å²) in [4.78, 5) is 13.8. The van der Waals surface area contributed by atoms with Crippen molar-refractivity contribution in [2.75, 3.05) is 27.2 Å². The molecule has 18 heavy (non-hydrogen) atoms. The Hall–Kier alpha value is -1.55. The van der Waals surface area contributed by atoms with Gasteiger partial charge in [-0.3, -0.25) is 4.79 Å². The lowest BCUT2D eigenvalue weighted by molar-refractivity contribution is -0.136. The van der Waals surface area contributed by atoms with Crippen LogP contribution in [-0.2, 0) is 11.3 Å². The van der Waals surface area contributed by atoms with E-state index in [2.05, 4.69) is 11.4 Å². The van der Waals surface area contributed by atoms with Gasteiger partial charge in [-0.05, 0) is 13.0 Å². The van der Waals surface area contributed by atoms with Gasteiger partial charge in [0.2, 0.25) is 5.91 Å². The largest absolute Gasteiger partial charge is 0.496 e. The van der Waals surface area contributed by atoms with Gasteiger partial charge >= 0.3 is 0 Å². The average molecular weight is 248 g/mol. The fourth-order valence-corrected chi connectivity index (χ4v) is 2.14. The van der Waals surface area contributed by atoms with E-state index in [0.29, 0.717) is 6.54 Å². The highest BCUT2D eigenvalue weighted by Crippen LogP contribution is 2.21. The molecule has 0 saturated carbocycles. The Morgan fingerprint density at radius 1 is 1.50 bits per heavy atom. The molecule has 1 heterocycles. The van der Waals surface area contributed by atoms with E-state index in [1.807, 2.05) is 26.1 Å². The van der Waals surface area contributed by atoms with Crippen molar-refractivity contribution >= 4 is 5.91 Å². The van der Waals surface area contributed by atoms with E-state index in [9.17, 15) is 4.79 Å². The molecule has 1 amide bonds. The molecule has 0 bridgehead atoms. The number of aryl methyl sites for hydroxylation is 1. The number of carbonyl (C=O) groups excluding carboxylic acids is 1. The number of methoxy groups -OCH3 is 1. The predicted molar refractivity (Wildman–Crippen MR) is 70.6 cm³/mol. The van der Waals surface area contributed by atoms with Gasteiger partial charge in [0.1, 0.15) is 5.75 Å². The van der Waals surface area contributed by atoms with Gasteiger partial charge in [-0.15, -0.1) is 0 Å². The Morgan fingerprint density at radius 2 is 2.22 bits per heavy atom. The summed E-state index contributed by atoms with van der Waals surface area (Å²) in [7, 11) is 3.51. The molecule has 4 heteroatoms. The highest BCUT2D eigenvalue weighted by molar-refractivity contribution is 5.80. The summed E-state index contributed by atoms with van der Waals surface area (Å²) >= 11 is 0. The molecule has 1 aromatic rings. The average Bonchev–Trinajstić information content (AvgIpc) is 2.27. The maximum absolute atomic E-state index is 12.1. The minimum atomic E-state index is 0.144. The molecular weight excluding hydrogens is 228 g/mol. The molecule has 1 fully saturated rings. The van der Waals surface area contributed by atoms with E-state index in [-0.39, 0.29) is 11.8 Å². The van der Waals surface area contributed by atoms with Crippen LogP contribution in [0.4, 0.5) is 0 Å². The van der Waals surface area contributed by atoms with E-state index >= 15 is 0 Å². The first-order chi connectivity index (χ1) is 8.61. The molecule has 0 atom stereocenters. The minimum Gasteiger partial charge on any atom is -0.496 e. The maximum atomic E-state index is 12.1. The number of nitrogens with zero attached hydrogens (tertiary/aromatic N) is 1. The van der Waals surface area contributed by atoms with Gasteiger partial charge in [-0.1, -0.05) is 17.7 Å². The second kappa shape index (κ2) is 5.40. The Bertz CT molecular complexity index is 441. The van der Waals surface area contributed by atoms with Crippen LogP contribution in [0, 0.1) is 12.8 Å². The van der Waals surface area contributed by atoms with Gasteiger partial charge in [0.15, 0.2) is 0 Å². The van der Waals surface area contributed by atoms with Gasteiger partial charge in [-0.25, -0.2) is 0 Å². The summed E-state index contributed by atoms with van der Waals surface area (Å²) < 4.78 is 5.33. The molecule has 0 aliphatic carbocycles. The standard InChI is InChI=1S/C14H20N2O2/c1-10-4-5-13(18-3)11(6-10)9-16(2)14(17)12-7-15-8-12/h4-6,12,15H,7-9H2,1-3H3. The number of hydrogen-bond donors (Lipinski definition) is 1. The van der Waals surface area contributed by atoms with Crippen LogP contribution in [0.25, 0.3) is 0 Å². The molecule has 4 nitrogen and oxygen atoms in total. The molecule has 1 N–H and O–H groups in total. The van der Waals surface area contributed by atoms with Gasteiger partial charge in [-0.2, -0.15) is 0 Å². The molecule has 0 spiro atoms. The van der Waals surface area contributed by atoms with Crippen molar-refractivity contribution in [3.05, 3.63) is 29.3 Å². The van der Waals surface area contributed by atoms with Crippen molar-refractivity contribution in [1.29, 1.82) is 0 Å². The van der Waals surface area contributed by atoms with Crippen molar-refractivity contribution < 1.29 is 9.53 Å². The molecule has 1 aliphatic rings. The quantitative estimate of drug-likeness (QED) is 0.870. The Labute approximate surface area is 108 Å². The number of amides is 1. The topological polar surface area (TPSA) is 41.6 Å². The number of rotatable bonds is 4. The normalized spacial score (nSPS) is 15.1. The van der Waals surface area contributed by atoms with Crippen molar-refractivity contribution in [3.63, 3.8) is 0 Å². The summed E-state index contributed by atoms with van der Waals surface area (Å²) in [5, 5.41) is 3.12. The maximum Gasteiger partial charge on any atom is 0.228 e. The van der Waals surface area contributed by atoms with E-state index in [1.54, 1.807) is 12.0 Å². The Morgan fingerprint density at radius 3 is 2.78 bits per heavy atom. The van der Waals surface area contributed by atoms with Crippen LogP contribution < -0.4 is 10.1 Å². The molecule has 0 unspecified atom stereocenters. The lowest BCUT2D eigenvalue weighted by atomic mass is 10.0. The third-order valence-electron chi connectivity index (χ3n) is 3.35. The van der Waals surface area contributed by atoms with Crippen LogP contribution in [0.5, 0.6) is 5.75 Å². The van der Waals surface area contributed by atoms with Crippen molar-refractivity contribution in [2.45, 2.75) is 13.5 Å². The third kappa shape index (κ3) is 2.64. The van der Waals surface area contributed by atoms with Crippen LogP contribution in [0.1, 0.15) is 11.1 Å². The van der Waals surface area contributed by atoms with Gasteiger partial charge in [0, 0.05) is 32.2 Å². The fourth-order valence-electron chi connectivity index (χ4n) is 2.14. The Kier molecular flexibility index (Phi) is 3.87. The first-order valence-electron chi connectivity index (χ1n) is 6.21. The van der Waals surface area contributed by atoms with Crippen molar-refractivity contribution in [2.24, 2.45) is 5.92 Å². The smallest absolute Gasteiger partial charge is 0.228 e. The van der Waals surface area contributed by atoms with Crippen LogP contribution >= 0.6 is 0 Å². The predicted octanol–water partition coefficient (Wildman–Crippen LogP) is 1.18. The first kappa shape index (κ1) is 12.9. The van der Waals surface area contributed by atoms with Crippen LogP contribution in [0.3, 0.4) is 0 Å². The first-order valence-corrected chi connectivity index (χ1v) is 6.21. The summed E-state index contributed by atoms with van der Waals surface area (Å²) in [5.74, 6) is 1.19. The highest BCUT2D eigenvalue weighted by Gasteiger charge is 2.27.